The molecule has 12 N–H and O–H groups in total. The minimum Gasteiger partial charge on any atom is -0.477 e. The molecular weight excluding hydrogens is 620 g/mol. The molecule has 16 atom stereocenters. The topological polar surface area (TPSA) is 364 Å². The molecule has 3 aliphatic heterocycles. The summed E-state index contributed by atoms with van der Waals surface area (Å²) in [5, 5.41) is 119. The van der Waals surface area contributed by atoms with Crippen molar-refractivity contribution in [3.8, 4) is 0 Å². The monoisotopic (exact) mass is 658 g/mol. The summed E-state index contributed by atoms with van der Waals surface area (Å²) in [6.45, 7) is -1.89. The first-order valence-corrected chi connectivity index (χ1v) is 13.6. The highest BCUT2D eigenvalue weighted by Crippen LogP contribution is 2.38. The molecule has 0 aromatic rings. The van der Waals surface area contributed by atoms with Crippen molar-refractivity contribution in [2.45, 2.75) is 111 Å². The van der Waals surface area contributed by atoms with Crippen LogP contribution < -0.4 is 5.32 Å². The Labute approximate surface area is 253 Å². The van der Waals surface area contributed by atoms with E-state index < -0.39 is 136 Å². The maximum Gasteiger partial charge on any atom is 0.364 e. The molecular formula is C23H38N4O18. The molecule has 0 bridgehead atoms. The van der Waals surface area contributed by atoms with Crippen LogP contribution in [-0.4, -0.2) is 185 Å². The maximum atomic E-state index is 12.6. The predicted molar refractivity (Wildman–Crippen MR) is 137 cm³/mol. The quantitative estimate of drug-likeness (QED) is 0.0526. The van der Waals surface area contributed by atoms with Gasteiger partial charge in [-0.2, -0.15) is 0 Å². The fourth-order valence-corrected chi connectivity index (χ4v) is 5.31. The number of carboxylic acid groups (broad SMARTS) is 1. The highest BCUT2D eigenvalue weighted by molar-refractivity contribution is 5.76. The van der Waals surface area contributed by atoms with E-state index in [0.29, 0.717) is 0 Å². The Morgan fingerprint density at radius 2 is 1.64 bits per heavy atom. The highest BCUT2D eigenvalue weighted by Gasteiger charge is 2.60. The first kappa shape index (κ1) is 37.1. The van der Waals surface area contributed by atoms with Crippen LogP contribution in [0.25, 0.3) is 10.4 Å². The first-order valence-electron chi connectivity index (χ1n) is 13.6. The molecule has 3 saturated heterocycles. The van der Waals surface area contributed by atoms with Crippen LogP contribution in [0.15, 0.2) is 5.11 Å². The van der Waals surface area contributed by atoms with Gasteiger partial charge in [0.2, 0.25) is 5.91 Å². The summed E-state index contributed by atoms with van der Waals surface area (Å²) < 4.78 is 27.2. The molecule has 0 aromatic carbocycles. The summed E-state index contributed by atoms with van der Waals surface area (Å²) in [4.78, 5) is 26.8. The summed E-state index contributed by atoms with van der Waals surface area (Å²) in [5.41, 5.74) is 8.66. The zero-order chi connectivity index (χ0) is 33.8. The number of carbonyl (C=O) groups excluding carboxylic acids is 1. The van der Waals surface area contributed by atoms with Gasteiger partial charge >= 0.3 is 5.97 Å². The number of hydrogen-bond donors (Lipinski definition) is 12. The molecule has 3 fully saturated rings. The number of ether oxygens (including phenoxy) is 5. The third kappa shape index (κ3) is 7.80. The normalized spacial score (nSPS) is 43.5. The summed E-state index contributed by atoms with van der Waals surface area (Å²) in [6.07, 6.45) is -27.7. The number of azide groups is 1. The molecule has 1 unspecified atom stereocenters. The van der Waals surface area contributed by atoms with Gasteiger partial charge in [-0.3, -0.25) is 4.79 Å². The fraction of sp³-hybridized carbons (Fsp3) is 0.913. The van der Waals surface area contributed by atoms with Gasteiger partial charge in [-0.05, 0) is 5.53 Å². The van der Waals surface area contributed by atoms with Crippen molar-refractivity contribution < 1.29 is 89.4 Å². The van der Waals surface area contributed by atoms with Crippen molar-refractivity contribution in [3.05, 3.63) is 10.4 Å². The second kappa shape index (κ2) is 15.5. The van der Waals surface area contributed by atoms with E-state index in [9.17, 15) is 65.8 Å². The summed E-state index contributed by atoms with van der Waals surface area (Å²) in [5.74, 6) is -5.77. The van der Waals surface area contributed by atoms with Gasteiger partial charge in [-0.1, -0.05) is 5.11 Å². The third-order valence-electron chi connectivity index (χ3n) is 7.63. The maximum absolute atomic E-state index is 12.6. The van der Waals surface area contributed by atoms with E-state index >= 15 is 0 Å². The van der Waals surface area contributed by atoms with Gasteiger partial charge in [-0.25, -0.2) is 4.79 Å². The lowest BCUT2D eigenvalue weighted by molar-refractivity contribution is -0.381. The molecule has 258 valence electrons. The van der Waals surface area contributed by atoms with Gasteiger partial charge in [-0.15, -0.1) is 0 Å². The van der Waals surface area contributed by atoms with E-state index in [1.807, 2.05) is 0 Å². The van der Waals surface area contributed by atoms with Crippen molar-refractivity contribution in [3.63, 3.8) is 0 Å². The van der Waals surface area contributed by atoms with Gasteiger partial charge in [0.15, 0.2) is 12.5 Å². The van der Waals surface area contributed by atoms with E-state index in [0.717, 1.165) is 6.92 Å². The Kier molecular flexibility index (Phi) is 12.8. The summed E-state index contributed by atoms with van der Waals surface area (Å²) in [6, 6.07) is -1.55. The molecule has 1 amide bonds. The Morgan fingerprint density at radius 3 is 2.18 bits per heavy atom. The molecule has 0 radical (unpaired) electrons. The predicted octanol–water partition coefficient (Wildman–Crippen LogP) is -6.91. The average molecular weight is 659 g/mol. The minimum absolute atomic E-state index is 0.755. The zero-order valence-electron chi connectivity index (χ0n) is 23.6. The Morgan fingerprint density at radius 1 is 1.00 bits per heavy atom. The van der Waals surface area contributed by atoms with Crippen molar-refractivity contribution in [2.24, 2.45) is 5.11 Å². The number of carboxylic acids is 1. The number of nitrogens with zero attached hydrogens (tertiary/aromatic N) is 3. The lowest BCUT2D eigenvalue weighted by Gasteiger charge is -2.50. The summed E-state index contributed by atoms with van der Waals surface area (Å²) in [7, 11) is 0. The highest BCUT2D eigenvalue weighted by atomic mass is 16.8. The number of hydrogen-bond acceptors (Lipinski definition) is 18. The number of aliphatic hydroxyl groups is 10. The van der Waals surface area contributed by atoms with E-state index in [2.05, 4.69) is 15.3 Å². The third-order valence-corrected chi connectivity index (χ3v) is 7.63. The molecule has 0 spiro atoms. The van der Waals surface area contributed by atoms with Crippen LogP contribution in [0.4, 0.5) is 0 Å². The molecule has 3 rings (SSSR count). The van der Waals surface area contributed by atoms with E-state index in [1.165, 1.54) is 0 Å². The van der Waals surface area contributed by atoms with Gasteiger partial charge < -0.3 is 85.2 Å². The molecule has 3 heterocycles. The number of amides is 1. The largest absolute Gasteiger partial charge is 0.477 e. The van der Waals surface area contributed by atoms with Crippen molar-refractivity contribution in [1.29, 1.82) is 0 Å². The number of aliphatic carboxylic acids is 1. The molecule has 45 heavy (non-hydrogen) atoms. The van der Waals surface area contributed by atoms with E-state index in [1.54, 1.807) is 0 Å². The Hall–Kier alpha value is -2.35. The second-order valence-electron chi connectivity index (χ2n) is 10.7. The van der Waals surface area contributed by atoms with Crippen molar-refractivity contribution in [2.75, 3.05) is 19.8 Å². The van der Waals surface area contributed by atoms with Crippen LogP contribution in [0.2, 0.25) is 0 Å². The van der Waals surface area contributed by atoms with Crippen LogP contribution in [0.3, 0.4) is 0 Å². The second-order valence-corrected chi connectivity index (χ2v) is 10.7. The van der Waals surface area contributed by atoms with Gasteiger partial charge in [0.05, 0.1) is 32.0 Å². The van der Waals surface area contributed by atoms with Crippen LogP contribution in [0.1, 0.15) is 13.3 Å². The first-order chi connectivity index (χ1) is 21.2. The number of nitrogens with one attached hydrogen (secondary N) is 1. The molecule has 0 aromatic heterocycles. The van der Waals surface area contributed by atoms with Gasteiger partial charge in [0.1, 0.15) is 67.1 Å². The van der Waals surface area contributed by atoms with Gasteiger partial charge in [0.25, 0.3) is 5.79 Å². The molecule has 0 aliphatic carbocycles. The summed E-state index contributed by atoms with van der Waals surface area (Å²) >= 11 is 0. The van der Waals surface area contributed by atoms with Crippen LogP contribution in [0.5, 0.6) is 0 Å². The smallest absolute Gasteiger partial charge is 0.364 e. The van der Waals surface area contributed by atoms with Gasteiger partial charge in [0, 0.05) is 18.3 Å². The Bertz CT molecular complexity index is 1070. The van der Waals surface area contributed by atoms with Crippen molar-refractivity contribution >= 4 is 11.9 Å². The number of carbonyl (C=O) groups is 2. The van der Waals surface area contributed by atoms with Crippen LogP contribution in [-0.2, 0) is 33.3 Å². The zero-order valence-corrected chi connectivity index (χ0v) is 23.6. The van der Waals surface area contributed by atoms with E-state index in [4.69, 9.17) is 29.2 Å². The number of rotatable bonds is 12. The standard InChI is InChI=1S/C23H38N4O18/c1-6(31)25-11-7(32)2-23(22(39)40,44-18(11)12(34)8(33)3-28)45-19-13(35)9(4-29)42-21(16(19)38)43-17-10(5-30)41-20(26-27-24)15(37)14(17)36/h7-21,28-30,32-38H,2-5H2,1H3,(H,25,31)(H,39,40)/t7-,8+,9+,10+,11+,12+,13-,14+,15+,16+,17+,18+,19-,20?,21-,23-/m0/s1. The fourth-order valence-electron chi connectivity index (χ4n) is 5.31. The lowest BCUT2D eigenvalue weighted by Crippen LogP contribution is -2.70. The molecule has 3 aliphatic rings. The lowest BCUT2D eigenvalue weighted by atomic mass is 9.88. The molecule has 0 saturated carbocycles. The Balaban J connectivity index is 1.95. The molecule has 22 heteroatoms. The SMILES string of the molecule is CC(=O)N[C@H]1[C@H]([C@H](O)[C@H](O)CO)O[C@@](O[C@H]2[C@@H](O)[C@@H](CO)O[C@@H](O[C@H]3[C@H](O)[C@@H](O)C(N=[N+]=[N-])O[C@@H]3CO)[C@@H]2O)(C(=O)O)C[C@@H]1O. The van der Waals surface area contributed by atoms with Crippen molar-refractivity contribution in [1.82, 2.24) is 5.32 Å². The minimum atomic E-state index is -3.04. The van der Waals surface area contributed by atoms with E-state index in [-0.39, 0.29) is 0 Å². The van der Waals surface area contributed by atoms with Crippen LogP contribution >= 0.6 is 0 Å². The number of aliphatic hydroxyl groups excluding tert-OH is 10. The average Bonchev–Trinajstić information content (AvgIpc) is 3.00. The molecule has 22 nitrogen and oxygen atoms in total. The van der Waals surface area contributed by atoms with Crippen LogP contribution in [0, 0.1) is 0 Å².